The van der Waals surface area contributed by atoms with Crippen LogP contribution in [0.3, 0.4) is 0 Å². The molecule has 0 spiro atoms. The summed E-state index contributed by atoms with van der Waals surface area (Å²) in [6, 6.07) is 15.0. The standard InChI is InChI=1S/C16H18N4S2/c17-11-5-1-3-7-13(11)21-15(19)9-10-16(20)22-14-8-4-2-6-12(14)18/h1-8,19-20H,9-10,17-18H2. The Bertz CT molecular complexity index is 626. The van der Waals surface area contributed by atoms with Crippen LogP contribution < -0.4 is 11.5 Å². The molecule has 0 atom stereocenters. The number of para-hydroxylation sites is 2. The van der Waals surface area contributed by atoms with Crippen LogP contribution in [-0.2, 0) is 0 Å². The number of rotatable bonds is 5. The fourth-order valence-corrected chi connectivity index (χ4v) is 3.35. The van der Waals surface area contributed by atoms with Crippen LogP contribution in [0.5, 0.6) is 0 Å². The van der Waals surface area contributed by atoms with Crippen LogP contribution in [0.1, 0.15) is 12.8 Å². The molecule has 0 aliphatic carbocycles. The molecule has 0 aliphatic rings. The summed E-state index contributed by atoms with van der Waals surface area (Å²) in [5.74, 6) is 0. The van der Waals surface area contributed by atoms with Crippen LogP contribution in [0.4, 0.5) is 11.4 Å². The molecular weight excluding hydrogens is 312 g/mol. The van der Waals surface area contributed by atoms with Gasteiger partial charge in [-0.1, -0.05) is 47.8 Å². The first-order chi connectivity index (χ1) is 10.6. The van der Waals surface area contributed by atoms with Gasteiger partial charge in [-0.25, -0.2) is 0 Å². The minimum Gasteiger partial charge on any atom is -0.398 e. The number of nitrogens with one attached hydrogen (secondary N) is 2. The summed E-state index contributed by atoms with van der Waals surface area (Å²) in [6.45, 7) is 0. The smallest absolute Gasteiger partial charge is 0.0693 e. The quantitative estimate of drug-likeness (QED) is 0.281. The van der Waals surface area contributed by atoms with E-state index in [2.05, 4.69) is 0 Å². The maximum Gasteiger partial charge on any atom is 0.0693 e. The number of benzene rings is 2. The normalized spacial score (nSPS) is 10.4. The maximum absolute atomic E-state index is 8.01. The first-order valence-electron chi connectivity index (χ1n) is 6.76. The molecule has 0 heterocycles. The van der Waals surface area contributed by atoms with Crippen molar-refractivity contribution in [3.8, 4) is 0 Å². The molecule has 0 amide bonds. The van der Waals surface area contributed by atoms with Crippen LogP contribution >= 0.6 is 23.5 Å². The Morgan fingerprint density at radius 3 is 1.45 bits per heavy atom. The van der Waals surface area contributed by atoms with Gasteiger partial charge in [0.2, 0.25) is 0 Å². The van der Waals surface area contributed by atoms with E-state index in [1.54, 1.807) is 0 Å². The Hall–Kier alpha value is -1.92. The number of nitrogen functional groups attached to an aromatic ring is 2. The Balaban J connectivity index is 1.82. The van der Waals surface area contributed by atoms with Gasteiger partial charge in [-0.15, -0.1) is 0 Å². The average Bonchev–Trinajstić information content (AvgIpc) is 2.50. The molecule has 4 nitrogen and oxygen atoms in total. The summed E-state index contributed by atoms with van der Waals surface area (Å²) < 4.78 is 0. The lowest BCUT2D eigenvalue weighted by molar-refractivity contribution is 1.15. The van der Waals surface area contributed by atoms with Crippen LogP contribution in [0.15, 0.2) is 58.3 Å². The summed E-state index contributed by atoms with van der Waals surface area (Å²) in [7, 11) is 0. The van der Waals surface area contributed by atoms with E-state index in [0.29, 0.717) is 34.3 Å². The highest BCUT2D eigenvalue weighted by Gasteiger charge is 2.08. The Morgan fingerprint density at radius 1 is 0.727 bits per heavy atom. The van der Waals surface area contributed by atoms with Crippen molar-refractivity contribution in [2.75, 3.05) is 11.5 Å². The van der Waals surface area contributed by atoms with Gasteiger partial charge >= 0.3 is 0 Å². The highest BCUT2D eigenvalue weighted by molar-refractivity contribution is 8.14. The molecular formula is C16H18N4S2. The number of thioether (sulfide) groups is 2. The van der Waals surface area contributed by atoms with Gasteiger partial charge in [0.1, 0.15) is 0 Å². The molecule has 0 aliphatic heterocycles. The van der Waals surface area contributed by atoms with Crippen LogP contribution in [0.2, 0.25) is 0 Å². The molecule has 0 saturated carbocycles. The third kappa shape index (κ3) is 4.82. The summed E-state index contributed by atoms with van der Waals surface area (Å²) in [6.07, 6.45) is 1.05. The topological polar surface area (TPSA) is 99.7 Å². The second-order valence-electron chi connectivity index (χ2n) is 4.63. The second kappa shape index (κ2) is 7.91. The largest absolute Gasteiger partial charge is 0.398 e. The first kappa shape index (κ1) is 16.5. The SMILES string of the molecule is N=C(CCC(=N)Sc1ccccc1N)Sc1ccccc1N. The van der Waals surface area contributed by atoms with Gasteiger partial charge in [0, 0.05) is 34.0 Å². The predicted octanol–water partition coefficient (Wildman–Crippen LogP) is 4.47. The molecule has 22 heavy (non-hydrogen) atoms. The van der Waals surface area contributed by atoms with Crippen LogP contribution in [-0.4, -0.2) is 10.1 Å². The Labute approximate surface area is 138 Å². The highest BCUT2D eigenvalue weighted by atomic mass is 32.2. The van der Waals surface area contributed by atoms with Gasteiger partial charge in [-0.05, 0) is 24.3 Å². The number of hydrogen-bond donors (Lipinski definition) is 4. The van der Waals surface area contributed by atoms with E-state index in [-0.39, 0.29) is 0 Å². The van der Waals surface area contributed by atoms with Gasteiger partial charge in [0.05, 0.1) is 10.1 Å². The van der Waals surface area contributed by atoms with E-state index >= 15 is 0 Å². The van der Waals surface area contributed by atoms with E-state index in [1.807, 2.05) is 48.5 Å². The molecule has 0 fully saturated rings. The predicted molar refractivity (Wildman–Crippen MR) is 98.1 cm³/mol. The van der Waals surface area contributed by atoms with E-state index in [1.165, 1.54) is 23.5 Å². The zero-order chi connectivity index (χ0) is 15.9. The summed E-state index contributed by atoms with van der Waals surface area (Å²) in [4.78, 5) is 1.78. The van der Waals surface area contributed by atoms with E-state index in [4.69, 9.17) is 22.3 Å². The summed E-state index contributed by atoms with van der Waals surface area (Å²) >= 11 is 2.70. The van der Waals surface area contributed by atoms with Crippen molar-refractivity contribution in [1.82, 2.24) is 0 Å². The van der Waals surface area contributed by atoms with Crippen molar-refractivity contribution in [2.45, 2.75) is 22.6 Å². The number of anilines is 2. The third-order valence-electron chi connectivity index (χ3n) is 2.88. The molecule has 0 saturated heterocycles. The molecule has 2 aromatic rings. The van der Waals surface area contributed by atoms with Gasteiger partial charge < -0.3 is 11.5 Å². The molecule has 0 bridgehead atoms. The minimum atomic E-state index is 0.504. The molecule has 114 valence electrons. The van der Waals surface area contributed by atoms with Gasteiger partial charge in [-0.3, -0.25) is 10.8 Å². The number of nitrogens with two attached hydrogens (primary N) is 2. The van der Waals surface area contributed by atoms with Crippen molar-refractivity contribution in [2.24, 2.45) is 0 Å². The second-order valence-corrected chi connectivity index (χ2v) is 6.90. The first-order valence-corrected chi connectivity index (χ1v) is 8.39. The average molecular weight is 330 g/mol. The number of hydrogen-bond acceptors (Lipinski definition) is 6. The Morgan fingerprint density at radius 2 is 1.09 bits per heavy atom. The highest BCUT2D eigenvalue weighted by Crippen LogP contribution is 2.29. The summed E-state index contributed by atoms with van der Waals surface area (Å²) in [5.41, 5.74) is 13.1. The molecule has 6 N–H and O–H groups in total. The van der Waals surface area contributed by atoms with Crippen LogP contribution in [0.25, 0.3) is 0 Å². The van der Waals surface area contributed by atoms with Crippen molar-refractivity contribution in [3.05, 3.63) is 48.5 Å². The van der Waals surface area contributed by atoms with Crippen molar-refractivity contribution in [3.63, 3.8) is 0 Å². The van der Waals surface area contributed by atoms with E-state index in [0.717, 1.165) is 9.79 Å². The Kier molecular flexibility index (Phi) is 5.91. The molecule has 2 aromatic carbocycles. The molecule has 0 unspecified atom stereocenters. The maximum atomic E-state index is 8.01. The van der Waals surface area contributed by atoms with Crippen molar-refractivity contribution >= 4 is 45.0 Å². The lowest BCUT2D eigenvalue weighted by Crippen LogP contribution is -1.98. The fraction of sp³-hybridized carbons (Fsp3) is 0.125. The molecule has 2 rings (SSSR count). The minimum absolute atomic E-state index is 0.504. The van der Waals surface area contributed by atoms with Gasteiger partial charge in [0.15, 0.2) is 0 Å². The molecule has 6 heteroatoms. The van der Waals surface area contributed by atoms with Crippen molar-refractivity contribution in [1.29, 1.82) is 10.8 Å². The zero-order valence-corrected chi connectivity index (χ0v) is 13.6. The van der Waals surface area contributed by atoms with E-state index in [9.17, 15) is 0 Å². The lowest BCUT2D eigenvalue weighted by Gasteiger charge is -2.08. The molecule has 0 aromatic heterocycles. The lowest BCUT2D eigenvalue weighted by atomic mass is 10.3. The van der Waals surface area contributed by atoms with Crippen molar-refractivity contribution < 1.29 is 0 Å². The fourth-order valence-electron chi connectivity index (χ4n) is 1.74. The van der Waals surface area contributed by atoms with Gasteiger partial charge in [0.25, 0.3) is 0 Å². The van der Waals surface area contributed by atoms with Gasteiger partial charge in [-0.2, -0.15) is 0 Å². The van der Waals surface area contributed by atoms with Crippen LogP contribution in [0, 0.1) is 10.8 Å². The monoisotopic (exact) mass is 330 g/mol. The van der Waals surface area contributed by atoms with E-state index < -0.39 is 0 Å². The zero-order valence-electron chi connectivity index (χ0n) is 12.0. The summed E-state index contributed by atoms with van der Waals surface area (Å²) in [5, 5.41) is 17.0. The third-order valence-corrected chi connectivity index (χ3v) is 4.97. The molecule has 0 radical (unpaired) electrons.